The van der Waals surface area contributed by atoms with Gasteiger partial charge in [-0.1, -0.05) is 16.6 Å². The predicted molar refractivity (Wildman–Crippen MR) is 94.9 cm³/mol. The Labute approximate surface area is 146 Å². The molecule has 6 nitrogen and oxygen atoms in total. The monoisotopic (exact) mass is 352 g/mol. The number of hydrogen-bond donors (Lipinski definition) is 4. The first-order valence-corrected chi connectivity index (χ1v) is 8.11. The second-order valence-corrected chi connectivity index (χ2v) is 6.27. The molecule has 0 spiro atoms. The second-order valence-electron chi connectivity index (χ2n) is 5.51. The van der Waals surface area contributed by atoms with Gasteiger partial charge in [-0.15, -0.1) is 5.10 Å². The standard InChI is InChI=1S/C18H12N2O4S/c21-9-1-5-15(23)13(7-9)11-3-4-12(18-17(11)19-20-25-18)14-8-10(22)2-6-16(14)24/h1-8,21-24H. The average Bonchev–Trinajstić information content (AvgIpc) is 3.08. The summed E-state index contributed by atoms with van der Waals surface area (Å²) >= 11 is 1.14. The van der Waals surface area contributed by atoms with E-state index in [1.807, 2.05) is 0 Å². The van der Waals surface area contributed by atoms with Crippen LogP contribution in [-0.2, 0) is 0 Å². The first-order chi connectivity index (χ1) is 12.0. The molecule has 4 rings (SSSR count). The minimum absolute atomic E-state index is 0.0139. The van der Waals surface area contributed by atoms with Crippen LogP contribution in [-0.4, -0.2) is 30.0 Å². The number of aromatic hydroxyl groups is 4. The fourth-order valence-corrected chi connectivity index (χ4v) is 3.49. The van der Waals surface area contributed by atoms with Crippen LogP contribution in [0.3, 0.4) is 0 Å². The lowest BCUT2D eigenvalue weighted by atomic mass is 9.97. The van der Waals surface area contributed by atoms with Gasteiger partial charge in [-0.2, -0.15) is 0 Å². The third-order valence-corrected chi connectivity index (χ3v) is 4.70. The van der Waals surface area contributed by atoms with E-state index in [1.165, 1.54) is 36.4 Å². The fourth-order valence-electron chi connectivity index (χ4n) is 2.77. The highest BCUT2D eigenvalue weighted by Gasteiger charge is 2.17. The first kappa shape index (κ1) is 15.2. The van der Waals surface area contributed by atoms with Gasteiger partial charge in [0.2, 0.25) is 0 Å². The third kappa shape index (κ3) is 2.50. The van der Waals surface area contributed by atoms with Crippen molar-refractivity contribution in [3.63, 3.8) is 0 Å². The summed E-state index contributed by atoms with van der Waals surface area (Å²) in [6.45, 7) is 0. The zero-order valence-corrected chi connectivity index (χ0v) is 13.5. The van der Waals surface area contributed by atoms with Crippen molar-refractivity contribution in [1.29, 1.82) is 0 Å². The molecule has 1 heterocycles. The van der Waals surface area contributed by atoms with Gasteiger partial charge < -0.3 is 20.4 Å². The molecule has 0 amide bonds. The highest BCUT2D eigenvalue weighted by Crippen LogP contribution is 2.42. The smallest absolute Gasteiger partial charge is 0.123 e. The Morgan fingerprint density at radius 1 is 0.640 bits per heavy atom. The van der Waals surface area contributed by atoms with Crippen LogP contribution in [0.1, 0.15) is 0 Å². The number of nitrogens with zero attached hydrogens (tertiary/aromatic N) is 2. The highest BCUT2D eigenvalue weighted by atomic mass is 32.1. The Bertz CT molecular complexity index is 1020. The Balaban J connectivity index is 1.99. The zero-order chi connectivity index (χ0) is 17.6. The number of phenols is 4. The van der Waals surface area contributed by atoms with Crippen molar-refractivity contribution in [3.8, 4) is 45.3 Å². The molecule has 3 aromatic carbocycles. The molecule has 25 heavy (non-hydrogen) atoms. The maximum Gasteiger partial charge on any atom is 0.123 e. The summed E-state index contributed by atoms with van der Waals surface area (Å²) in [5, 5.41) is 43.8. The average molecular weight is 352 g/mol. The molecule has 0 atom stereocenters. The number of fused-ring (bicyclic) bond motifs is 1. The van der Waals surface area contributed by atoms with E-state index in [2.05, 4.69) is 9.59 Å². The molecule has 0 saturated carbocycles. The van der Waals surface area contributed by atoms with E-state index in [9.17, 15) is 20.4 Å². The van der Waals surface area contributed by atoms with Gasteiger partial charge in [0, 0.05) is 22.3 Å². The van der Waals surface area contributed by atoms with Gasteiger partial charge in [-0.25, -0.2) is 0 Å². The van der Waals surface area contributed by atoms with Gasteiger partial charge in [0.25, 0.3) is 0 Å². The predicted octanol–water partition coefficient (Wildman–Crippen LogP) is 3.85. The lowest BCUT2D eigenvalue weighted by molar-refractivity contribution is 0.462. The van der Waals surface area contributed by atoms with E-state index in [4.69, 9.17) is 0 Å². The number of hydrogen-bond acceptors (Lipinski definition) is 7. The maximum absolute atomic E-state index is 10.1. The van der Waals surface area contributed by atoms with Crippen LogP contribution < -0.4 is 0 Å². The molecular formula is C18H12N2O4S. The number of rotatable bonds is 2. The van der Waals surface area contributed by atoms with E-state index in [1.54, 1.807) is 12.1 Å². The van der Waals surface area contributed by atoms with Crippen LogP contribution in [0.4, 0.5) is 0 Å². The maximum atomic E-state index is 10.1. The summed E-state index contributed by atoms with van der Waals surface area (Å²) in [5.74, 6) is 0.104. The fraction of sp³-hybridized carbons (Fsp3) is 0. The molecule has 7 heteroatoms. The molecule has 0 aliphatic rings. The molecule has 4 N–H and O–H groups in total. The molecular weight excluding hydrogens is 340 g/mol. The summed E-state index contributed by atoms with van der Waals surface area (Å²) in [7, 11) is 0. The SMILES string of the molecule is Oc1ccc(O)c(-c2ccc(-c3cc(O)ccc3O)c3snnc23)c1. The molecule has 1 aromatic heterocycles. The van der Waals surface area contributed by atoms with Crippen molar-refractivity contribution in [2.24, 2.45) is 0 Å². The van der Waals surface area contributed by atoms with Gasteiger partial charge in [-0.05, 0) is 47.9 Å². The van der Waals surface area contributed by atoms with E-state index in [-0.39, 0.29) is 23.0 Å². The molecule has 0 unspecified atom stereocenters. The van der Waals surface area contributed by atoms with Crippen molar-refractivity contribution in [2.75, 3.05) is 0 Å². The molecule has 124 valence electrons. The quantitative estimate of drug-likeness (QED) is 0.408. The highest BCUT2D eigenvalue weighted by molar-refractivity contribution is 7.13. The van der Waals surface area contributed by atoms with Gasteiger partial charge >= 0.3 is 0 Å². The molecule has 0 bridgehead atoms. The topological polar surface area (TPSA) is 107 Å². The number of aromatic nitrogens is 2. The first-order valence-electron chi connectivity index (χ1n) is 7.34. The van der Waals surface area contributed by atoms with Crippen LogP contribution >= 0.6 is 11.5 Å². The summed E-state index contributed by atoms with van der Waals surface area (Å²) in [6.07, 6.45) is 0. The zero-order valence-electron chi connectivity index (χ0n) is 12.7. The van der Waals surface area contributed by atoms with Crippen LogP contribution in [0.5, 0.6) is 23.0 Å². The molecule has 0 saturated heterocycles. The summed E-state index contributed by atoms with van der Waals surface area (Å²) in [6, 6.07) is 12.0. The van der Waals surface area contributed by atoms with Crippen molar-refractivity contribution >= 4 is 21.7 Å². The van der Waals surface area contributed by atoms with Crippen molar-refractivity contribution in [2.45, 2.75) is 0 Å². The van der Waals surface area contributed by atoms with E-state index in [0.29, 0.717) is 32.5 Å². The molecule has 0 aliphatic heterocycles. The van der Waals surface area contributed by atoms with Crippen molar-refractivity contribution in [1.82, 2.24) is 9.59 Å². The molecule has 4 aromatic rings. The van der Waals surface area contributed by atoms with E-state index >= 15 is 0 Å². The second kappa shape index (κ2) is 5.64. The Hall–Kier alpha value is -3.32. The van der Waals surface area contributed by atoms with Crippen molar-refractivity contribution in [3.05, 3.63) is 48.5 Å². The largest absolute Gasteiger partial charge is 0.508 e. The normalized spacial score (nSPS) is 11.0. The van der Waals surface area contributed by atoms with Crippen LogP contribution in [0.25, 0.3) is 32.5 Å². The van der Waals surface area contributed by atoms with Crippen molar-refractivity contribution < 1.29 is 20.4 Å². The van der Waals surface area contributed by atoms with Gasteiger partial charge in [0.1, 0.15) is 28.5 Å². The third-order valence-electron chi connectivity index (χ3n) is 3.95. The minimum atomic E-state index is 0.0139. The minimum Gasteiger partial charge on any atom is -0.508 e. The Morgan fingerprint density at radius 2 is 1.20 bits per heavy atom. The Morgan fingerprint density at radius 3 is 1.84 bits per heavy atom. The van der Waals surface area contributed by atoms with E-state index < -0.39 is 0 Å². The van der Waals surface area contributed by atoms with Crippen LogP contribution in [0.15, 0.2) is 48.5 Å². The lowest BCUT2D eigenvalue weighted by Crippen LogP contribution is -1.86. The summed E-state index contributed by atoms with van der Waals surface area (Å²) in [4.78, 5) is 0. The lowest BCUT2D eigenvalue weighted by Gasteiger charge is -2.10. The van der Waals surface area contributed by atoms with Gasteiger partial charge in [0.05, 0.1) is 4.70 Å². The number of phenolic OH excluding ortho intramolecular Hbond substituents is 4. The van der Waals surface area contributed by atoms with E-state index in [0.717, 1.165) is 11.5 Å². The molecule has 0 aliphatic carbocycles. The molecule has 0 fully saturated rings. The van der Waals surface area contributed by atoms with Crippen LogP contribution in [0.2, 0.25) is 0 Å². The summed E-state index contributed by atoms with van der Waals surface area (Å²) in [5.41, 5.74) is 2.71. The number of benzene rings is 3. The van der Waals surface area contributed by atoms with Crippen LogP contribution in [0, 0.1) is 0 Å². The Kier molecular flexibility index (Phi) is 3.43. The van der Waals surface area contributed by atoms with Gasteiger partial charge in [-0.3, -0.25) is 0 Å². The molecule has 0 radical (unpaired) electrons. The van der Waals surface area contributed by atoms with Gasteiger partial charge in [0.15, 0.2) is 0 Å². The summed E-state index contributed by atoms with van der Waals surface area (Å²) < 4.78 is 4.68.